The van der Waals surface area contributed by atoms with E-state index in [0.29, 0.717) is 78.5 Å². The van der Waals surface area contributed by atoms with E-state index in [9.17, 15) is 34.5 Å². The number of rotatable bonds is 13. The van der Waals surface area contributed by atoms with Gasteiger partial charge in [-0.25, -0.2) is 0 Å². The molecule has 204 valence electrons. The fourth-order valence-corrected chi connectivity index (χ4v) is 3.59. The number of hydrogen-bond donors (Lipinski definition) is 4. The smallest absolute Gasteiger partial charge is 0.317 e. The molecular weight excluding hydrogens is 608 g/mol. The molecule has 0 unspecified atom stereocenters. The van der Waals surface area contributed by atoms with E-state index in [4.69, 9.17) is 4.74 Å². The predicted octanol–water partition coefficient (Wildman–Crippen LogP) is -2.00. The van der Waals surface area contributed by atoms with Crippen LogP contribution in [0.25, 0.3) is 0 Å². The van der Waals surface area contributed by atoms with Gasteiger partial charge in [-0.05, 0) is 13.3 Å². The Morgan fingerprint density at radius 1 is 0.686 bits per heavy atom. The largest absolute Gasteiger partial charge is 0.480 e. The summed E-state index contributed by atoms with van der Waals surface area (Å²) in [5, 5.41) is 30.5. The minimum Gasteiger partial charge on any atom is -0.480 e. The number of nitrogens with one attached hydrogen (secondary N) is 1. The van der Waals surface area contributed by atoms with Crippen LogP contribution < -0.4 is 5.32 Å². The maximum absolute atomic E-state index is 12.4. The maximum Gasteiger partial charge on any atom is 0.317 e. The molecular formula is C21H39GdN5O8. The third-order valence-electron chi connectivity index (χ3n) is 5.37. The Morgan fingerprint density at radius 3 is 1.34 bits per heavy atom. The fourth-order valence-electron chi connectivity index (χ4n) is 3.59. The van der Waals surface area contributed by atoms with Crippen LogP contribution in [0.15, 0.2) is 0 Å². The van der Waals surface area contributed by atoms with Gasteiger partial charge in [0.2, 0.25) is 5.91 Å². The molecule has 13 nitrogen and oxygen atoms in total. The molecule has 0 radical (unpaired) electrons. The van der Waals surface area contributed by atoms with Crippen molar-refractivity contribution in [3.8, 4) is 0 Å². The van der Waals surface area contributed by atoms with Gasteiger partial charge in [0, 0.05) is 112 Å². The van der Waals surface area contributed by atoms with Crippen molar-refractivity contribution in [1.29, 1.82) is 0 Å². The molecule has 1 fully saturated rings. The van der Waals surface area contributed by atoms with E-state index in [2.05, 4.69) is 5.32 Å². The first-order chi connectivity index (χ1) is 16.2. The van der Waals surface area contributed by atoms with E-state index in [1.165, 1.54) is 0 Å². The van der Waals surface area contributed by atoms with Gasteiger partial charge < -0.3 is 25.4 Å². The zero-order chi connectivity index (χ0) is 25.3. The van der Waals surface area contributed by atoms with Crippen LogP contribution in [-0.4, -0.2) is 157 Å². The second kappa shape index (κ2) is 20.1. The zero-order valence-electron chi connectivity index (χ0n) is 20.3. The van der Waals surface area contributed by atoms with E-state index in [-0.39, 0.29) is 72.0 Å². The third-order valence-corrected chi connectivity index (χ3v) is 5.37. The Morgan fingerprint density at radius 2 is 1.03 bits per heavy atom. The van der Waals surface area contributed by atoms with Gasteiger partial charge >= 0.3 is 17.9 Å². The Labute approximate surface area is 238 Å². The van der Waals surface area contributed by atoms with Crippen molar-refractivity contribution in [2.24, 2.45) is 0 Å². The Kier molecular flexibility index (Phi) is 19.5. The van der Waals surface area contributed by atoms with E-state index in [1.54, 1.807) is 14.7 Å². The quantitative estimate of drug-likeness (QED) is 0.163. The molecule has 0 aromatic heterocycles. The number of amides is 1. The van der Waals surface area contributed by atoms with Gasteiger partial charge in [-0.15, -0.1) is 0 Å². The minimum absolute atomic E-state index is 0. The molecule has 35 heavy (non-hydrogen) atoms. The van der Waals surface area contributed by atoms with Crippen LogP contribution in [0, 0.1) is 39.9 Å². The average molecular weight is 647 g/mol. The van der Waals surface area contributed by atoms with E-state index < -0.39 is 17.9 Å². The summed E-state index contributed by atoms with van der Waals surface area (Å²) in [6.07, 6.45) is 0.700. The third kappa shape index (κ3) is 18.0. The Balaban J connectivity index is 0.0000116. The van der Waals surface area contributed by atoms with Crippen molar-refractivity contribution in [1.82, 2.24) is 24.9 Å². The number of aliphatic carboxylic acids is 3. The van der Waals surface area contributed by atoms with E-state index in [1.807, 2.05) is 11.8 Å². The van der Waals surface area contributed by atoms with Gasteiger partial charge in [-0.1, -0.05) is 0 Å². The number of hydrogen-bond acceptors (Lipinski definition) is 9. The summed E-state index contributed by atoms with van der Waals surface area (Å²) in [6.45, 7) is 6.04. The molecule has 0 saturated carbocycles. The van der Waals surface area contributed by atoms with Crippen LogP contribution >= 0.6 is 0 Å². The normalized spacial score (nSPS) is 17.5. The van der Waals surface area contributed by atoms with Crippen LogP contribution in [-0.2, 0) is 23.9 Å². The van der Waals surface area contributed by atoms with Crippen molar-refractivity contribution in [3.63, 3.8) is 0 Å². The van der Waals surface area contributed by atoms with Crippen molar-refractivity contribution >= 4 is 23.8 Å². The molecule has 0 aliphatic carbocycles. The van der Waals surface area contributed by atoms with Crippen molar-refractivity contribution in [2.45, 2.75) is 13.3 Å². The number of carboxylic acids is 3. The van der Waals surface area contributed by atoms with Crippen molar-refractivity contribution in [3.05, 3.63) is 0 Å². The summed E-state index contributed by atoms with van der Waals surface area (Å²) in [6, 6.07) is 0. The molecule has 1 aliphatic heterocycles. The van der Waals surface area contributed by atoms with Crippen molar-refractivity contribution < 1.29 is 79.2 Å². The summed E-state index contributed by atoms with van der Waals surface area (Å²) in [4.78, 5) is 53.3. The predicted molar refractivity (Wildman–Crippen MR) is 123 cm³/mol. The van der Waals surface area contributed by atoms with E-state index >= 15 is 0 Å². The Bertz CT molecular complexity index is 625. The summed E-state index contributed by atoms with van der Waals surface area (Å²) in [5.74, 6) is -3.13. The first-order valence-electron chi connectivity index (χ1n) is 11.6. The van der Waals surface area contributed by atoms with Gasteiger partial charge in [0.25, 0.3) is 0 Å². The standard InChI is InChI=1S/C21H39N5O8.Gd/c1-2-34-13-3-4-22-18(27)14-23-5-7-24(15-19(28)29)9-11-26(17-21(32)33)12-10-25(8-6-23)16-20(30)31;/h2-17H2,1H3,(H,22,27)(H,28,29)(H,30,31)(H,32,33);. The van der Waals surface area contributed by atoms with Crippen LogP contribution in [0.1, 0.15) is 13.3 Å². The zero-order valence-corrected chi connectivity index (χ0v) is 22.6. The van der Waals surface area contributed by atoms with Crippen LogP contribution in [0.4, 0.5) is 0 Å². The molecule has 0 bridgehead atoms. The molecule has 1 aliphatic rings. The maximum atomic E-state index is 12.4. The Hall–Kier alpha value is -0.995. The summed E-state index contributed by atoms with van der Waals surface area (Å²) >= 11 is 0. The average Bonchev–Trinajstić information content (AvgIpc) is 2.74. The minimum atomic E-state index is -1.000. The van der Waals surface area contributed by atoms with Gasteiger partial charge in [-0.3, -0.25) is 38.8 Å². The number of carbonyl (C=O) groups is 4. The summed E-state index contributed by atoms with van der Waals surface area (Å²) < 4.78 is 5.25. The topological polar surface area (TPSA) is 163 Å². The van der Waals surface area contributed by atoms with Crippen LogP contribution in [0.3, 0.4) is 0 Å². The molecule has 1 rings (SSSR count). The molecule has 0 aromatic rings. The van der Waals surface area contributed by atoms with Gasteiger partial charge in [0.05, 0.1) is 26.2 Å². The first-order valence-corrected chi connectivity index (χ1v) is 11.6. The first kappa shape index (κ1) is 34.0. The number of carbonyl (C=O) groups excluding carboxylic acids is 1. The molecule has 0 atom stereocenters. The summed E-state index contributed by atoms with van der Waals surface area (Å²) in [7, 11) is 0. The molecule has 4 N–H and O–H groups in total. The molecule has 1 saturated heterocycles. The van der Waals surface area contributed by atoms with Crippen molar-refractivity contribution in [2.75, 3.05) is 98.3 Å². The van der Waals surface area contributed by atoms with E-state index in [0.717, 1.165) is 0 Å². The van der Waals surface area contributed by atoms with Gasteiger partial charge in [0.15, 0.2) is 0 Å². The van der Waals surface area contributed by atoms with Crippen LogP contribution in [0.5, 0.6) is 0 Å². The fraction of sp³-hybridized carbons (Fsp3) is 0.810. The number of ether oxygens (including phenoxy) is 1. The van der Waals surface area contributed by atoms with Crippen LogP contribution in [0.2, 0.25) is 0 Å². The SMILES string of the molecule is CCOCCCNC(=O)CN1CCN(CC(=O)O)CCN(CC(=O)O)CCN(CC(=O)O)CC1.[Gd]. The number of carboxylic acid groups (broad SMARTS) is 3. The second-order valence-corrected chi connectivity index (χ2v) is 8.19. The van der Waals surface area contributed by atoms with Gasteiger partial charge in [-0.2, -0.15) is 0 Å². The molecule has 0 spiro atoms. The molecule has 0 aromatic carbocycles. The van der Waals surface area contributed by atoms with Gasteiger partial charge in [0.1, 0.15) is 0 Å². The number of nitrogens with zero attached hydrogens (tertiary/aromatic N) is 4. The second-order valence-electron chi connectivity index (χ2n) is 8.19. The summed E-state index contributed by atoms with van der Waals surface area (Å²) in [5.41, 5.74) is 0. The molecule has 14 heteroatoms. The monoisotopic (exact) mass is 647 g/mol. The molecule has 1 heterocycles. The molecule has 1 amide bonds.